The molecule has 1 aromatic rings. The Morgan fingerprint density at radius 2 is 2.32 bits per heavy atom. The molecule has 2 aliphatic rings. The zero-order valence-corrected chi connectivity index (χ0v) is 13.1. The van der Waals surface area contributed by atoms with Crippen LogP contribution in [-0.2, 0) is 16.0 Å². The zero-order valence-electron chi connectivity index (χ0n) is 13.1. The van der Waals surface area contributed by atoms with Crippen LogP contribution in [0.15, 0.2) is 24.3 Å². The molecule has 0 saturated carbocycles. The fourth-order valence-electron chi connectivity index (χ4n) is 3.37. The van der Waals surface area contributed by atoms with Crippen LogP contribution in [-0.4, -0.2) is 56.3 Å². The summed E-state index contributed by atoms with van der Waals surface area (Å²) >= 11 is 0. The van der Waals surface area contributed by atoms with Gasteiger partial charge in [-0.25, -0.2) is 0 Å². The van der Waals surface area contributed by atoms with Crippen molar-refractivity contribution in [1.29, 1.82) is 0 Å². The van der Waals surface area contributed by atoms with Gasteiger partial charge in [0, 0.05) is 25.7 Å². The van der Waals surface area contributed by atoms with Gasteiger partial charge in [0.15, 0.2) is 0 Å². The SMILES string of the molecule is COc1ccccc1CC1CCCN1C(=O)C1CNCCO1. The van der Waals surface area contributed by atoms with Gasteiger partial charge in [-0.15, -0.1) is 0 Å². The quantitative estimate of drug-likeness (QED) is 0.909. The van der Waals surface area contributed by atoms with E-state index in [2.05, 4.69) is 11.4 Å². The molecule has 0 aromatic heterocycles. The summed E-state index contributed by atoms with van der Waals surface area (Å²) in [4.78, 5) is 14.7. The second kappa shape index (κ2) is 7.11. The third-order valence-electron chi connectivity index (χ3n) is 4.51. The third-order valence-corrected chi connectivity index (χ3v) is 4.51. The summed E-state index contributed by atoms with van der Waals surface area (Å²) < 4.78 is 11.0. The molecule has 2 saturated heterocycles. The van der Waals surface area contributed by atoms with Crippen LogP contribution >= 0.6 is 0 Å². The minimum absolute atomic E-state index is 0.129. The Morgan fingerprint density at radius 1 is 1.45 bits per heavy atom. The van der Waals surface area contributed by atoms with Gasteiger partial charge in [-0.2, -0.15) is 0 Å². The zero-order chi connectivity index (χ0) is 15.4. The smallest absolute Gasteiger partial charge is 0.253 e. The van der Waals surface area contributed by atoms with E-state index in [4.69, 9.17) is 9.47 Å². The minimum atomic E-state index is -0.327. The first-order valence-corrected chi connectivity index (χ1v) is 8.04. The highest BCUT2D eigenvalue weighted by atomic mass is 16.5. The molecule has 2 heterocycles. The summed E-state index contributed by atoms with van der Waals surface area (Å²) in [6.07, 6.45) is 2.62. The number of carbonyl (C=O) groups is 1. The van der Waals surface area contributed by atoms with E-state index >= 15 is 0 Å². The summed E-state index contributed by atoms with van der Waals surface area (Å²) in [6.45, 7) is 2.89. The van der Waals surface area contributed by atoms with E-state index in [1.54, 1.807) is 7.11 Å². The van der Waals surface area contributed by atoms with Crippen molar-refractivity contribution in [3.63, 3.8) is 0 Å². The van der Waals surface area contributed by atoms with E-state index in [0.717, 1.165) is 43.7 Å². The number of ether oxygens (including phenoxy) is 2. The molecule has 22 heavy (non-hydrogen) atoms. The summed E-state index contributed by atoms with van der Waals surface area (Å²) in [7, 11) is 1.69. The fourth-order valence-corrected chi connectivity index (χ4v) is 3.37. The molecule has 1 aromatic carbocycles. The van der Waals surface area contributed by atoms with E-state index in [1.165, 1.54) is 0 Å². The Balaban J connectivity index is 1.68. The number of morpholine rings is 1. The standard InChI is InChI=1S/C17H24N2O3/c1-21-15-7-3-2-5-13(15)11-14-6-4-9-19(14)17(20)16-12-18-8-10-22-16/h2-3,5,7,14,16,18H,4,6,8-12H2,1H3. The number of hydrogen-bond donors (Lipinski definition) is 1. The van der Waals surface area contributed by atoms with Crippen molar-refractivity contribution >= 4 is 5.91 Å². The molecule has 2 aliphatic heterocycles. The van der Waals surface area contributed by atoms with Crippen LogP contribution in [0.1, 0.15) is 18.4 Å². The van der Waals surface area contributed by atoms with Crippen molar-refractivity contribution in [2.24, 2.45) is 0 Å². The summed E-state index contributed by atoms with van der Waals surface area (Å²) in [5.41, 5.74) is 1.16. The topological polar surface area (TPSA) is 50.8 Å². The van der Waals surface area contributed by atoms with Gasteiger partial charge in [-0.05, 0) is 30.9 Å². The molecule has 5 nitrogen and oxygen atoms in total. The first-order valence-electron chi connectivity index (χ1n) is 8.04. The molecule has 0 spiro atoms. The third kappa shape index (κ3) is 3.25. The van der Waals surface area contributed by atoms with Crippen LogP contribution in [0.25, 0.3) is 0 Å². The van der Waals surface area contributed by atoms with Gasteiger partial charge in [0.25, 0.3) is 5.91 Å². The van der Waals surface area contributed by atoms with Crippen molar-refractivity contribution < 1.29 is 14.3 Å². The van der Waals surface area contributed by atoms with Crippen LogP contribution in [0, 0.1) is 0 Å². The Labute approximate surface area is 131 Å². The Kier molecular flexibility index (Phi) is 4.95. The van der Waals surface area contributed by atoms with Crippen LogP contribution in [0.3, 0.4) is 0 Å². The number of nitrogens with one attached hydrogen (secondary N) is 1. The van der Waals surface area contributed by atoms with Gasteiger partial charge in [0.2, 0.25) is 0 Å². The van der Waals surface area contributed by atoms with E-state index < -0.39 is 0 Å². The van der Waals surface area contributed by atoms with E-state index in [1.807, 2.05) is 23.1 Å². The lowest BCUT2D eigenvalue weighted by atomic mass is 10.0. The maximum absolute atomic E-state index is 12.7. The fraction of sp³-hybridized carbons (Fsp3) is 0.588. The molecule has 2 unspecified atom stereocenters. The number of hydrogen-bond acceptors (Lipinski definition) is 4. The molecule has 2 fully saturated rings. The summed E-state index contributed by atoms with van der Waals surface area (Å²) in [6, 6.07) is 8.30. The number of methoxy groups -OCH3 is 1. The summed E-state index contributed by atoms with van der Waals surface area (Å²) in [5.74, 6) is 1.03. The van der Waals surface area contributed by atoms with Gasteiger partial charge in [0.05, 0.1) is 13.7 Å². The van der Waals surface area contributed by atoms with Crippen molar-refractivity contribution in [2.75, 3.05) is 33.4 Å². The first-order chi connectivity index (χ1) is 10.8. The second-order valence-electron chi connectivity index (χ2n) is 5.91. The van der Waals surface area contributed by atoms with Crippen LogP contribution < -0.4 is 10.1 Å². The van der Waals surface area contributed by atoms with Crippen molar-refractivity contribution in [3.8, 4) is 5.75 Å². The molecule has 3 rings (SSSR count). The maximum atomic E-state index is 12.7. The van der Waals surface area contributed by atoms with Gasteiger partial charge in [0.1, 0.15) is 11.9 Å². The van der Waals surface area contributed by atoms with Gasteiger partial charge < -0.3 is 19.7 Å². The van der Waals surface area contributed by atoms with Crippen LogP contribution in [0.2, 0.25) is 0 Å². The summed E-state index contributed by atoms with van der Waals surface area (Å²) in [5, 5.41) is 3.23. The average Bonchev–Trinajstić information content (AvgIpc) is 3.03. The molecule has 1 N–H and O–H groups in total. The lowest BCUT2D eigenvalue weighted by Gasteiger charge is -2.31. The average molecular weight is 304 g/mol. The molecule has 0 bridgehead atoms. The molecule has 2 atom stereocenters. The van der Waals surface area contributed by atoms with E-state index in [-0.39, 0.29) is 18.1 Å². The van der Waals surface area contributed by atoms with Crippen LogP contribution in [0.5, 0.6) is 5.75 Å². The first kappa shape index (κ1) is 15.3. The number of carbonyl (C=O) groups excluding carboxylic acids is 1. The largest absolute Gasteiger partial charge is 0.496 e. The Hall–Kier alpha value is -1.59. The number of benzene rings is 1. The minimum Gasteiger partial charge on any atom is -0.496 e. The molecule has 0 radical (unpaired) electrons. The lowest BCUT2D eigenvalue weighted by Crippen LogP contribution is -2.51. The number of rotatable bonds is 4. The van der Waals surface area contributed by atoms with Crippen LogP contribution in [0.4, 0.5) is 0 Å². The van der Waals surface area contributed by atoms with Gasteiger partial charge in [-0.3, -0.25) is 4.79 Å². The van der Waals surface area contributed by atoms with Crippen molar-refractivity contribution in [3.05, 3.63) is 29.8 Å². The Bertz CT molecular complexity index is 514. The van der Waals surface area contributed by atoms with E-state index in [0.29, 0.717) is 13.2 Å². The van der Waals surface area contributed by atoms with Crippen molar-refractivity contribution in [2.45, 2.75) is 31.4 Å². The molecule has 0 aliphatic carbocycles. The van der Waals surface area contributed by atoms with Gasteiger partial charge in [-0.1, -0.05) is 18.2 Å². The Morgan fingerprint density at radius 3 is 3.09 bits per heavy atom. The second-order valence-corrected chi connectivity index (χ2v) is 5.91. The lowest BCUT2D eigenvalue weighted by molar-refractivity contribution is -0.146. The highest BCUT2D eigenvalue weighted by molar-refractivity contribution is 5.82. The molecule has 5 heteroatoms. The molecular weight excluding hydrogens is 280 g/mol. The number of likely N-dealkylation sites (tertiary alicyclic amines) is 1. The number of nitrogens with zero attached hydrogens (tertiary/aromatic N) is 1. The monoisotopic (exact) mass is 304 g/mol. The molecule has 1 amide bonds. The molecule has 120 valence electrons. The maximum Gasteiger partial charge on any atom is 0.253 e. The predicted molar refractivity (Wildman–Crippen MR) is 84.0 cm³/mol. The predicted octanol–water partition coefficient (Wildman–Crippen LogP) is 1.22. The number of para-hydroxylation sites is 1. The highest BCUT2D eigenvalue weighted by Gasteiger charge is 2.34. The van der Waals surface area contributed by atoms with Crippen molar-refractivity contribution in [1.82, 2.24) is 10.2 Å². The van der Waals surface area contributed by atoms with Gasteiger partial charge >= 0.3 is 0 Å². The highest BCUT2D eigenvalue weighted by Crippen LogP contribution is 2.26. The number of amides is 1. The molecular formula is C17H24N2O3. The normalized spacial score (nSPS) is 25.2. The van der Waals surface area contributed by atoms with E-state index in [9.17, 15) is 4.79 Å².